The molecule has 0 heterocycles. The molecule has 0 spiro atoms. The van der Waals surface area contributed by atoms with E-state index in [2.05, 4.69) is 13.8 Å². The Morgan fingerprint density at radius 1 is 1.00 bits per heavy atom. The second kappa shape index (κ2) is 5.73. The maximum Gasteiger partial charge on any atom is 0.0188 e. The average Bonchev–Trinajstić information content (AvgIpc) is 2.38. The van der Waals surface area contributed by atoms with Crippen LogP contribution in [-0.4, -0.2) is 5.54 Å². The van der Waals surface area contributed by atoms with Crippen molar-refractivity contribution in [1.29, 1.82) is 0 Å². The first-order chi connectivity index (χ1) is 8.19. The minimum Gasteiger partial charge on any atom is -0.325 e. The van der Waals surface area contributed by atoms with Gasteiger partial charge in [-0.15, -0.1) is 0 Å². The molecule has 2 N–H and O–H groups in total. The van der Waals surface area contributed by atoms with Gasteiger partial charge in [-0.3, -0.25) is 0 Å². The Balaban J connectivity index is 2.06. The van der Waals surface area contributed by atoms with Crippen LogP contribution < -0.4 is 5.73 Å². The summed E-state index contributed by atoms with van der Waals surface area (Å²) in [5.74, 6) is 2.66. The Bertz CT molecular complexity index is 238. The summed E-state index contributed by atoms with van der Waals surface area (Å²) in [4.78, 5) is 0. The van der Waals surface area contributed by atoms with Crippen molar-refractivity contribution in [1.82, 2.24) is 0 Å². The molecule has 0 aromatic carbocycles. The lowest BCUT2D eigenvalue weighted by atomic mass is 9.61. The van der Waals surface area contributed by atoms with Crippen LogP contribution in [0.3, 0.4) is 0 Å². The van der Waals surface area contributed by atoms with Crippen molar-refractivity contribution in [2.24, 2.45) is 23.5 Å². The summed E-state index contributed by atoms with van der Waals surface area (Å²) in [6, 6.07) is 0. The summed E-state index contributed by atoms with van der Waals surface area (Å²) in [5, 5.41) is 0. The van der Waals surface area contributed by atoms with Crippen molar-refractivity contribution >= 4 is 0 Å². The van der Waals surface area contributed by atoms with E-state index < -0.39 is 0 Å². The van der Waals surface area contributed by atoms with Crippen LogP contribution in [0, 0.1) is 17.8 Å². The lowest BCUT2D eigenvalue weighted by Gasteiger charge is -2.48. The van der Waals surface area contributed by atoms with Crippen molar-refractivity contribution in [3.8, 4) is 0 Å². The zero-order valence-electron chi connectivity index (χ0n) is 11.9. The molecule has 0 amide bonds. The van der Waals surface area contributed by atoms with Crippen LogP contribution in [-0.2, 0) is 0 Å². The van der Waals surface area contributed by atoms with E-state index in [-0.39, 0.29) is 5.54 Å². The van der Waals surface area contributed by atoms with Crippen LogP contribution in [0.4, 0.5) is 0 Å². The number of hydrogen-bond donors (Lipinski definition) is 1. The van der Waals surface area contributed by atoms with Gasteiger partial charge in [-0.1, -0.05) is 58.8 Å². The Labute approximate surface area is 108 Å². The van der Waals surface area contributed by atoms with Gasteiger partial charge in [0.15, 0.2) is 0 Å². The van der Waals surface area contributed by atoms with Crippen LogP contribution in [0.25, 0.3) is 0 Å². The fourth-order valence-electron chi connectivity index (χ4n) is 4.60. The molecule has 1 nitrogen and oxygen atoms in total. The first-order valence-corrected chi connectivity index (χ1v) is 7.98. The van der Waals surface area contributed by atoms with Crippen molar-refractivity contribution < 1.29 is 0 Å². The van der Waals surface area contributed by atoms with E-state index in [1.165, 1.54) is 64.2 Å². The van der Waals surface area contributed by atoms with E-state index in [9.17, 15) is 0 Å². The Hall–Kier alpha value is -0.0400. The molecular formula is C16H31N. The monoisotopic (exact) mass is 237 g/mol. The molecule has 2 saturated carbocycles. The highest BCUT2D eigenvalue weighted by Gasteiger charge is 2.42. The van der Waals surface area contributed by atoms with Crippen molar-refractivity contribution in [2.75, 3.05) is 0 Å². The molecule has 4 atom stereocenters. The van der Waals surface area contributed by atoms with Gasteiger partial charge in [0, 0.05) is 5.54 Å². The summed E-state index contributed by atoms with van der Waals surface area (Å²) in [6.45, 7) is 4.71. The second-order valence-electron chi connectivity index (χ2n) is 6.66. The fourth-order valence-corrected chi connectivity index (χ4v) is 4.60. The molecule has 0 radical (unpaired) electrons. The van der Waals surface area contributed by atoms with Gasteiger partial charge in [0.05, 0.1) is 0 Å². The van der Waals surface area contributed by atoms with Crippen molar-refractivity contribution in [3.63, 3.8) is 0 Å². The van der Waals surface area contributed by atoms with Gasteiger partial charge < -0.3 is 5.73 Å². The molecule has 0 aromatic rings. The van der Waals surface area contributed by atoms with Crippen LogP contribution in [0.2, 0.25) is 0 Å². The van der Waals surface area contributed by atoms with Gasteiger partial charge in [-0.05, 0) is 37.0 Å². The quantitative estimate of drug-likeness (QED) is 0.768. The standard InChI is InChI=1S/C16H31N/c1-3-13-8-7-11-16(17,12-13)15-10-6-5-9-14(15)4-2/h13-15H,3-12,17H2,1-2H3. The molecule has 0 aliphatic heterocycles. The highest BCUT2D eigenvalue weighted by atomic mass is 14.8. The minimum atomic E-state index is 0.194. The van der Waals surface area contributed by atoms with Crippen LogP contribution >= 0.6 is 0 Å². The molecular weight excluding hydrogens is 206 g/mol. The van der Waals surface area contributed by atoms with E-state index in [1.807, 2.05) is 0 Å². The summed E-state index contributed by atoms with van der Waals surface area (Å²) < 4.78 is 0. The zero-order chi connectivity index (χ0) is 12.3. The molecule has 17 heavy (non-hydrogen) atoms. The third kappa shape index (κ3) is 2.86. The lowest BCUT2D eigenvalue weighted by Crippen LogP contribution is -2.53. The van der Waals surface area contributed by atoms with Gasteiger partial charge in [0.1, 0.15) is 0 Å². The van der Waals surface area contributed by atoms with Gasteiger partial charge in [0.25, 0.3) is 0 Å². The second-order valence-corrected chi connectivity index (χ2v) is 6.66. The zero-order valence-corrected chi connectivity index (χ0v) is 11.9. The van der Waals surface area contributed by atoms with Crippen LogP contribution in [0.1, 0.15) is 78.1 Å². The predicted molar refractivity (Wildman–Crippen MR) is 74.9 cm³/mol. The smallest absolute Gasteiger partial charge is 0.0188 e. The van der Waals surface area contributed by atoms with E-state index >= 15 is 0 Å². The summed E-state index contributed by atoms with van der Waals surface area (Å²) >= 11 is 0. The number of nitrogens with two attached hydrogens (primary N) is 1. The van der Waals surface area contributed by atoms with E-state index in [4.69, 9.17) is 5.73 Å². The van der Waals surface area contributed by atoms with Crippen LogP contribution in [0.15, 0.2) is 0 Å². The number of hydrogen-bond acceptors (Lipinski definition) is 1. The average molecular weight is 237 g/mol. The molecule has 0 bridgehead atoms. The lowest BCUT2D eigenvalue weighted by molar-refractivity contribution is 0.0735. The maximum atomic E-state index is 6.87. The van der Waals surface area contributed by atoms with E-state index in [0.29, 0.717) is 0 Å². The highest BCUT2D eigenvalue weighted by Crippen LogP contribution is 2.45. The SMILES string of the molecule is CCC1CCCC(N)(C2CCCCC2CC)C1. The Morgan fingerprint density at radius 2 is 1.76 bits per heavy atom. The van der Waals surface area contributed by atoms with E-state index in [1.54, 1.807) is 0 Å². The normalized spacial score (nSPS) is 43.6. The van der Waals surface area contributed by atoms with Gasteiger partial charge in [-0.2, -0.15) is 0 Å². The molecule has 4 unspecified atom stereocenters. The molecule has 2 fully saturated rings. The summed E-state index contributed by atoms with van der Waals surface area (Å²) in [5.41, 5.74) is 7.06. The molecule has 100 valence electrons. The third-order valence-corrected chi connectivity index (χ3v) is 5.67. The topological polar surface area (TPSA) is 26.0 Å². The molecule has 0 saturated heterocycles. The van der Waals surface area contributed by atoms with Gasteiger partial charge in [-0.25, -0.2) is 0 Å². The van der Waals surface area contributed by atoms with Gasteiger partial charge in [0.2, 0.25) is 0 Å². The van der Waals surface area contributed by atoms with Crippen molar-refractivity contribution in [2.45, 2.75) is 83.6 Å². The number of rotatable bonds is 3. The molecule has 1 heteroatoms. The first kappa shape index (κ1) is 13.4. The highest BCUT2D eigenvalue weighted by molar-refractivity contribution is 4.99. The predicted octanol–water partition coefficient (Wildman–Crippen LogP) is 4.50. The van der Waals surface area contributed by atoms with Crippen LogP contribution in [0.5, 0.6) is 0 Å². The molecule has 2 aliphatic carbocycles. The Kier molecular flexibility index (Phi) is 4.52. The summed E-state index contributed by atoms with van der Waals surface area (Å²) in [6.07, 6.45) is 13.8. The molecule has 2 aliphatic rings. The van der Waals surface area contributed by atoms with Gasteiger partial charge >= 0.3 is 0 Å². The minimum absolute atomic E-state index is 0.194. The Morgan fingerprint density at radius 3 is 2.47 bits per heavy atom. The van der Waals surface area contributed by atoms with E-state index in [0.717, 1.165) is 17.8 Å². The fraction of sp³-hybridized carbons (Fsp3) is 1.00. The summed E-state index contributed by atoms with van der Waals surface area (Å²) in [7, 11) is 0. The van der Waals surface area contributed by atoms with Crippen molar-refractivity contribution in [3.05, 3.63) is 0 Å². The molecule has 2 rings (SSSR count). The largest absolute Gasteiger partial charge is 0.325 e. The molecule has 0 aromatic heterocycles. The third-order valence-electron chi connectivity index (χ3n) is 5.67. The first-order valence-electron chi connectivity index (χ1n) is 7.98. The maximum absolute atomic E-state index is 6.87.